The fraction of sp³-hybridized carbons (Fsp3) is 0.750. The average Bonchev–Trinajstić information content (AvgIpc) is 2.70. The van der Waals surface area contributed by atoms with Crippen LogP contribution in [0.4, 0.5) is 11.6 Å². The number of hydrogen-bond donors (Lipinski definition) is 2. The van der Waals surface area contributed by atoms with E-state index in [0.717, 1.165) is 69.4 Å². The largest absolute Gasteiger partial charge is 0.367 e. The van der Waals surface area contributed by atoms with Gasteiger partial charge in [-0.15, -0.1) is 0 Å². The van der Waals surface area contributed by atoms with Crippen molar-refractivity contribution in [3.8, 4) is 6.07 Å². The lowest BCUT2D eigenvalue weighted by atomic mass is 10.0. The van der Waals surface area contributed by atoms with Gasteiger partial charge in [-0.1, -0.05) is 27.7 Å². The molecule has 0 aliphatic carbocycles. The number of nitriles is 1. The van der Waals surface area contributed by atoms with Crippen molar-refractivity contribution in [2.45, 2.75) is 65.5 Å². The lowest BCUT2D eigenvalue weighted by Crippen LogP contribution is -2.41. The van der Waals surface area contributed by atoms with Gasteiger partial charge in [-0.05, 0) is 49.7 Å². The highest BCUT2D eigenvalue weighted by Gasteiger charge is 2.22. The summed E-state index contributed by atoms with van der Waals surface area (Å²) in [7, 11) is 0. The molecule has 2 aliphatic heterocycles. The van der Waals surface area contributed by atoms with Crippen molar-refractivity contribution in [3.63, 3.8) is 0 Å². The third-order valence-electron chi connectivity index (χ3n) is 6.13. The predicted molar refractivity (Wildman–Crippen MR) is 125 cm³/mol. The third-order valence-corrected chi connectivity index (χ3v) is 6.13. The molecule has 2 fully saturated rings. The van der Waals surface area contributed by atoms with Crippen molar-refractivity contribution in [1.82, 2.24) is 14.8 Å². The monoisotopic (exact) mass is 412 g/mol. The van der Waals surface area contributed by atoms with E-state index >= 15 is 0 Å². The van der Waals surface area contributed by atoms with E-state index in [2.05, 4.69) is 54.2 Å². The second-order valence-electron chi connectivity index (χ2n) is 9.93. The minimum atomic E-state index is 0.391. The Hall–Kier alpha value is -1.84. The minimum Gasteiger partial charge on any atom is -0.367 e. The van der Waals surface area contributed by atoms with Crippen LogP contribution >= 0.6 is 0 Å². The van der Waals surface area contributed by atoms with Gasteiger partial charge >= 0.3 is 0 Å². The molecule has 2 aliphatic rings. The van der Waals surface area contributed by atoms with Gasteiger partial charge in [0.2, 0.25) is 0 Å². The van der Waals surface area contributed by atoms with Gasteiger partial charge in [0.05, 0.1) is 5.56 Å². The van der Waals surface area contributed by atoms with Gasteiger partial charge in [0, 0.05) is 51.4 Å². The third kappa shape index (κ3) is 6.85. The Kier molecular flexibility index (Phi) is 8.35. The molecule has 0 bridgehead atoms. The zero-order chi connectivity index (χ0) is 21.5. The highest BCUT2D eigenvalue weighted by Crippen LogP contribution is 2.23. The van der Waals surface area contributed by atoms with Crippen molar-refractivity contribution in [3.05, 3.63) is 17.7 Å². The molecule has 2 N–H and O–H groups in total. The minimum absolute atomic E-state index is 0.391. The van der Waals surface area contributed by atoms with Gasteiger partial charge in [-0.2, -0.15) is 5.26 Å². The summed E-state index contributed by atoms with van der Waals surface area (Å²) in [5.74, 6) is 3.06. The van der Waals surface area contributed by atoms with E-state index in [1.165, 1.54) is 13.1 Å². The molecule has 0 atom stereocenters. The van der Waals surface area contributed by atoms with Gasteiger partial charge in [-0.25, -0.2) is 4.98 Å². The standard InChI is InChI=1S/C24H40N6/c1-18(2)16-29-11-7-21(8-12-29)26-23-6-5-20(15-25)24(28-23)27-22-9-13-30(14-10-22)17-19(3)4/h5-6,18-19,21-22H,7-14,16-17H2,1-4H3,(H2,26,27,28). The SMILES string of the molecule is CC(C)CN1CCC(Nc2ccc(C#N)c(NC3CCN(CC(C)C)CC3)n2)CC1. The molecule has 0 saturated carbocycles. The number of anilines is 2. The van der Waals surface area contributed by atoms with Crippen molar-refractivity contribution < 1.29 is 0 Å². The van der Waals surface area contributed by atoms with E-state index in [1.54, 1.807) is 0 Å². The van der Waals surface area contributed by atoms with Crippen molar-refractivity contribution in [2.75, 3.05) is 49.9 Å². The second-order valence-corrected chi connectivity index (χ2v) is 9.93. The van der Waals surface area contributed by atoms with Crippen LogP contribution in [0.25, 0.3) is 0 Å². The predicted octanol–water partition coefficient (Wildman–Crippen LogP) is 4.02. The van der Waals surface area contributed by atoms with Crippen LogP contribution in [0.1, 0.15) is 58.9 Å². The summed E-state index contributed by atoms with van der Waals surface area (Å²) in [5, 5.41) is 16.7. The molecule has 0 aromatic carbocycles. The molecule has 0 spiro atoms. The molecular formula is C24H40N6. The maximum absolute atomic E-state index is 9.54. The number of hydrogen-bond acceptors (Lipinski definition) is 6. The number of nitrogens with zero attached hydrogens (tertiary/aromatic N) is 4. The first-order valence-electron chi connectivity index (χ1n) is 11.8. The van der Waals surface area contributed by atoms with Gasteiger partial charge < -0.3 is 20.4 Å². The van der Waals surface area contributed by atoms with Crippen molar-refractivity contribution >= 4 is 11.6 Å². The van der Waals surface area contributed by atoms with E-state index in [9.17, 15) is 5.26 Å². The Bertz CT molecular complexity index is 694. The summed E-state index contributed by atoms with van der Waals surface area (Å²) in [5.41, 5.74) is 0.636. The summed E-state index contributed by atoms with van der Waals surface area (Å²) in [4.78, 5) is 9.90. The molecule has 0 radical (unpaired) electrons. The molecule has 1 aromatic rings. The Morgan fingerprint density at radius 1 is 0.900 bits per heavy atom. The van der Waals surface area contributed by atoms with E-state index in [4.69, 9.17) is 4.98 Å². The molecule has 1 aromatic heterocycles. The Morgan fingerprint density at radius 2 is 1.40 bits per heavy atom. The summed E-state index contributed by atoms with van der Waals surface area (Å²) >= 11 is 0. The van der Waals surface area contributed by atoms with Crippen LogP contribution in [0.2, 0.25) is 0 Å². The maximum Gasteiger partial charge on any atom is 0.146 e. The Balaban J connectivity index is 1.54. The normalized spacial score (nSPS) is 19.9. The summed E-state index contributed by atoms with van der Waals surface area (Å²) in [6.07, 6.45) is 4.49. The Labute approximate surface area is 183 Å². The van der Waals surface area contributed by atoms with Crippen molar-refractivity contribution in [1.29, 1.82) is 5.26 Å². The topological polar surface area (TPSA) is 67.2 Å². The molecule has 3 heterocycles. The van der Waals surface area contributed by atoms with E-state index in [1.807, 2.05) is 12.1 Å². The highest BCUT2D eigenvalue weighted by molar-refractivity contribution is 5.57. The molecule has 30 heavy (non-hydrogen) atoms. The molecule has 6 nitrogen and oxygen atoms in total. The smallest absolute Gasteiger partial charge is 0.146 e. The van der Waals surface area contributed by atoms with Crippen LogP contribution in [0.5, 0.6) is 0 Å². The van der Waals surface area contributed by atoms with E-state index in [-0.39, 0.29) is 0 Å². The number of aromatic nitrogens is 1. The highest BCUT2D eigenvalue weighted by atomic mass is 15.2. The Morgan fingerprint density at radius 3 is 1.87 bits per heavy atom. The first kappa shape index (κ1) is 22.8. The average molecular weight is 413 g/mol. The maximum atomic E-state index is 9.54. The molecule has 2 saturated heterocycles. The van der Waals surface area contributed by atoms with Crippen LogP contribution in [-0.4, -0.2) is 66.1 Å². The summed E-state index contributed by atoms with van der Waals surface area (Å²) < 4.78 is 0. The first-order valence-corrected chi connectivity index (χ1v) is 11.8. The number of pyridine rings is 1. The molecule has 0 unspecified atom stereocenters. The molecule has 0 amide bonds. The molecule has 3 rings (SSSR count). The molecule has 166 valence electrons. The molecule has 6 heteroatoms. The number of piperidine rings is 2. The van der Waals surface area contributed by atoms with E-state index in [0.29, 0.717) is 23.6 Å². The van der Waals surface area contributed by atoms with Crippen LogP contribution in [0, 0.1) is 23.2 Å². The van der Waals surface area contributed by atoms with Crippen molar-refractivity contribution in [2.24, 2.45) is 11.8 Å². The fourth-order valence-corrected chi connectivity index (χ4v) is 4.69. The quantitative estimate of drug-likeness (QED) is 0.672. The number of nitrogens with one attached hydrogen (secondary N) is 2. The van der Waals surface area contributed by atoms with Crippen LogP contribution in [0.3, 0.4) is 0 Å². The van der Waals surface area contributed by atoms with Gasteiger partial charge in [-0.3, -0.25) is 0 Å². The summed E-state index contributed by atoms with van der Waals surface area (Å²) in [6.45, 7) is 16.0. The molecular weight excluding hydrogens is 372 g/mol. The lowest BCUT2D eigenvalue weighted by molar-refractivity contribution is 0.197. The fourth-order valence-electron chi connectivity index (χ4n) is 4.69. The van der Waals surface area contributed by atoms with Crippen LogP contribution < -0.4 is 10.6 Å². The van der Waals surface area contributed by atoms with Gasteiger partial charge in [0.15, 0.2) is 0 Å². The second kappa shape index (κ2) is 11.0. The van der Waals surface area contributed by atoms with E-state index < -0.39 is 0 Å². The lowest BCUT2D eigenvalue weighted by Gasteiger charge is -2.34. The first-order chi connectivity index (χ1) is 14.4. The van der Waals surface area contributed by atoms with Crippen LogP contribution in [-0.2, 0) is 0 Å². The zero-order valence-electron chi connectivity index (χ0n) is 19.3. The number of likely N-dealkylation sites (tertiary alicyclic amines) is 2. The number of rotatable bonds is 8. The van der Waals surface area contributed by atoms with Gasteiger partial charge in [0.1, 0.15) is 17.7 Å². The van der Waals surface area contributed by atoms with Crippen LogP contribution in [0.15, 0.2) is 12.1 Å². The summed E-state index contributed by atoms with van der Waals surface area (Å²) in [6, 6.07) is 7.01. The zero-order valence-corrected chi connectivity index (χ0v) is 19.3. The van der Waals surface area contributed by atoms with Gasteiger partial charge in [0.25, 0.3) is 0 Å².